The first-order chi connectivity index (χ1) is 11.9. The Hall–Kier alpha value is -2.59. The third-order valence-corrected chi connectivity index (χ3v) is 4.65. The molecule has 3 aromatic rings. The van der Waals surface area contributed by atoms with E-state index in [1.165, 1.54) is 0 Å². The Labute approximate surface area is 151 Å². The fraction of sp³-hybridized carbons (Fsp3) is 0.200. The minimum atomic E-state index is -0.908. The molecule has 3 rings (SSSR count). The van der Waals surface area contributed by atoms with Crippen LogP contribution in [0.1, 0.15) is 32.7 Å². The highest BCUT2D eigenvalue weighted by Gasteiger charge is 2.16. The first kappa shape index (κ1) is 17.2. The molecule has 0 saturated heterocycles. The molecule has 2 aromatic carbocycles. The lowest BCUT2D eigenvalue weighted by atomic mass is 9.99. The average molecular weight is 355 g/mol. The molecule has 0 spiro atoms. The van der Waals surface area contributed by atoms with E-state index in [9.17, 15) is 9.90 Å². The Morgan fingerprint density at radius 3 is 2.44 bits per heavy atom. The lowest BCUT2D eigenvalue weighted by molar-refractivity contribution is 0.0696. The quantitative estimate of drug-likeness (QED) is 0.742. The van der Waals surface area contributed by atoms with Crippen molar-refractivity contribution in [3.63, 3.8) is 0 Å². The fourth-order valence-electron chi connectivity index (χ4n) is 3.10. The number of aromatic carboxylic acids is 1. The van der Waals surface area contributed by atoms with Gasteiger partial charge in [0.15, 0.2) is 0 Å². The van der Waals surface area contributed by atoms with Crippen LogP contribution < -0.4 is 0 Å². The standard InChI is InChI=1S/C20H19ClN2O2/c1-12-10-15(6-9-17(12)20(24)25)19-13(2)18(22-23(19)3)11-14-4-7-16(21)8-5-14/h4-10H,11H2,1-3H3,(H,24,25). The van der Waals surface area contributed by atoms with Gasteiger partial charge < -0.3 is 5.11 Å². The summed E-state index contributed by atoms with van der Waals surface area (Å²) in [5.74, 6) is -0.908. The number of carbonyl (C=O) groups is 1. The molecule has 0 amide bonds. The van der Waals surface area contributed by atoms with Crippen LogP contribution in [0.15, 0.2) is 42.5 Å². The number of hydrogen-bond donors (Lipinski definition) is 1. The fourth-order valence-corrected chi connectivity index (χ4v) is 3.23. The summed E-state index contributed by atoms with van der Waals surface area (Å²) in [5, 5.41) is 14.6. The van der Waals surface area contributed by atoms with Crippen molar-refractivity contribution in [2.45, 2.75) is 20.3 Å². The molecule has 0 saturated carbocycles. The van der Waals surface area contributed by atoms with E-state index in [1.807, 2.05) is 62.0 Å². The lowest BCUT2D eigenvalue weighted by Crippen LogP contribution is -2.01. The molecule has 1 N–H and O–H groups in total. The number of halogens is 1. The lowest BCUT2D eigenvalue weighted by Gasteiger charge is -2.07. The summed E-state index contributed by atoms with van der Waals surface area (Å²) >= 11 is 5.94. The molecule has 128 valence electrons. The van der Waals surface area contributed by atoms with E-state index in [2.05, 4.69) is 5.10 Å². The normalized spacial score (nSPS) is 10.9. The Balaban J connectivity index is 1.98. The molecular formula is C20H19ClN2O2. The van der Waals surface area contributed by atoms with Gasteiger partial charge in [0.05, 0.1) is 17.0 Å². The van der Waals surface area contributed by atoms with Crippen LogP contribution >= 0.6 is 11.6 Å². The summed E-state index contributed by atoms with van der Waals surface area (Å²) in [6.45, 7) is 3.86. The maximum Gasteiger partial charge on any atom is 0.335 e. The summed E-state index contributed by atoms with van der Waals surface area (Å²) in [5.41, 5.74) is 6.28. The van der Waals surface area contributed by atoms with E-state index in [0.717, 1.165) is 45.1 Å². The zero-order valence-corrected chi connectivity index (χ0v) is 15.1. The van der Waals surface area contributed by atoms with Gasteiger partial charge in [-0.05, 0) is 54.8 Å². The number of rotatable bonds is 4. The van der Waals surface area contributed by atoms with Crippen molar-refractivity contribution in [2.24, 2.45) is 7.05 Å². The van der Waals surface area contributed by atoms with Gasteiger partial charge in [-0.3, -0.25) is 4.68 Å². The summed E-state index contributed by atoms with van der Waals surface area (Å²) in [6.07, 6.45) is 0.725. The molecule has 0 unspecified atom stereocenters. The Bertz CT molecular complexity index is 943. The smallest absolute Gasteiger partial charge is 0.335 e. The third kappa shape index (κ3) is 3.44. The van der Waals surface area contributed by atoms with Crippen molar-refractivity contribution >= 4 is 17.6 Å². The maximum absolute atomic E-state index is 11.2. The number of hydrogen-bond acceptors (Lipinski definition) is 2. The van der Waals surface area contributed by atoms with Crippen molar-refractivity contribution in [1.82, 2.24) is 9.78 Å². The molecule has 0 radical (unpaired) electrons. The highest BCUT2D eigenvalue weighted by Crippen LogP contribution is 2.28. The number of benzene rings is 2. The number of carboxylic acid groups (broad SMARTS) is 1. The van der Waals surface area contributed by atoms with Gasteiger partial charge in [0.1, 0.15) is 0 Å². The monoisotopic (exact) mass is 354 g/mol. The van der Waals surface area contributed by atoms with Crippen LogP contribution in [-0.4, -0.2) is 20.9 Å². The van der Waals surface area contributed by atoms with Crippen LogP contribution in [-0.2, 0) is 13.5 Å². The molecule has 0 bridgehead atoms. The predicted octanol–water partition coefficient (Wildman–Crippen LogP) is 4.65. The highest BCUT2D eigenvalue weighted by molar-refractivity contribution is 6.30. The van der Waals surface area contributed by atoms with Gasteiger partial charge >= 0.3 is 5.97 Å². The molecule has 5 heteroatoms. The molecule has 0 fully saturated rings. The van der Waals surface area contributed by atoms with Crippen molar-refractivity contribution in [1.29, 1.82) is 0 Å². The van der Waals surface area contributed by atoms with Gasteiger partial charge in [-0.2, -0.15) is 5.10 Å². The topological polar surface area (TPSA) is 55.1 Å². The van der Waals surface area contributed by atoms with Gasteiger partial charge in [0.25, 0.3) is 0 Å². The molecule has 4 nitrogen and oxygen atoms in total. The number of aryl methyl sites for hydroxylation is 2. The SMILES string of the molecule is Cc1cc(-c2c(C)c(Cc3ccc(Cl)cc3)nn2C)ccc1C(=O)O. The van der Waals surface area contributed by atoms with Gasteiger partial charge in [-0.25, -0.2) is 4.79 Å². The number of aromatic nitrogens is 2. The predicted molar refractivity (Wildman–Crippen MR) is 99.3 cm³/mol. The van der Waals surface area contributed by atoms with Crippen LogP contribution in [0, 0.1) is 13.8 Å². The van der Waals surface area contributed by atoms with E-state index in [1.54, 1.807) is 6.07 Å². The molecule has 1 heterocycles. The van der Waals surface area contributed by atoms with Crippen LogP contribution in [0.3, 0.4) is 0 Å². The largest absolute Gasteiger partial charge is 0.478 e. The summed E-state index contributed by atoms with van der Waals surface area (Å²) < 4.78 is 1.86. The van der Waals surface area contributed by atoms with Crippen LogP contribution in [0.25, 0.3) is 11.3 Å². The highest BCUT2D eigenvalue weighted by atomic mass is 35.5. The Morgan fingerprint density at radius 1 is 1.16 bits per heavy atom. The third-order valence-electron chi connectivity index (χ3n) is 4.40. The van der Waals surface area contributed by atoms with Crippen molar-refractivity contribution in [3.05, 3.63) is 75.4 Å². The second-order valence-corrected chi connectivity index (χ2v) is 6.62. The van der Waals surface area contributed by atoms with E-state index in [-0.39, 0.29) is 0 Å². The zero-order valence-electron chi connectivity index (χ0n) is 14.4. The first-order valence-corrected chi connectivity index (χ1v) is 8.36. The van der Waals surface area contributed by atoms with E-state index >= 15 is 0 Å². The number of carboxylic acids is 1. The van der Waals surface area contributed by atoms with Crippen molar-refractivity contribution in [3.8, 4) is 11.3 Å². The van der Waals surface area contributed by atoms with Crippen LogP contribution in [0.5, 0.6) is 0 Å². The van der Waals surface area contributed by atoms with E-state index in [4.69, 9.17) is 11.6 Å². The Kier molecular flexibility index (Phi) is 4.64. The zero-order chi connectivity index (χ0) is 18.1. The molecule has 0 aliphatic rings. The van der Waals surface area contributed by atoms with Crippen molar-refractivity contribution in [2.75, 3.05) is 0 Å². The molecule has 0 aliphatic carbocycles. The second-order valence-electron chi connectivity index (χ2n) is 6.18. The van der Waals surface area contributed by atoms with E-state index in [0.29, 0.717) is 5.56 Å². The molecule has 0 atom stereocenters. The minimum Gasteiger partial charge on any atom is -0.478 e. The molecule has 0 aliphatic heterocycles. The second kappa shape index (κ2) is 6.73. The first-order valence-electron chi connectivity index (χ1n) is 7.98. The van der Waals surface area contributed by atoms with Gasteiger partial charge in [0.2, 0.25) is 0 Å². The van der Waals surface area contributed by atoms with Gasteiger partial charge in [0, 0.05) is 24.1 Å². The maximum atomic E-state index is 11.2. The van der Waals surface area contributed by atoms with Crippen LogP contribution in [0.4, 0.5) is 0 Å². The minimum absolute atomic E-state index is 0.324. The summed E-state index contributed by atoms with van der Waals surface area (Å²) in [7, 11) is 1.91. The van der Waals surface area contributed by atoms with Gasteiger partial charge in [-0.15, -0.1) is 0 Å². The van der Waals surface area contributed by atoms with Crippen molar-refractivity contribution < 1.29 is 9.90 Å². The van der Waals surface area contributed by atoms with Gasteiger partial charge in [-0.1, -0.05) is 29.8 Å². The Morgan fingerprint density at radius 2 is 1.84 bits per heavy atom. The molecule has 25 heavy (non-hydrogen) atoms. The van der Waals surface area contributed by atoms with E-state index < -0.39 is 5.97 Å². The molecule has 1 aromatic heterocycles. The number of nitrogens with zero attached hydrogens (tertiary/aromatic N) is 2. The summed E-state index contributed by atoms with van der Waals surface area (Å²) in [6, 6.07) is 13.2. The van der Waals surface area contributed by atoms with Crippen LogP contribution in [0.2, 0.25) is 5.02 Å². The summed E-state index contributed by atoms with van der Waals surface area (Å²) in [4.78, 5) is 11.2. The molecular weight excluding hydrogens is 336 g/mol. The average Bonchev–Trinajstić information content (AvgIpc) is 2.83.